The first-order valence-electron chi connectivity index (χ1n) is 10.2. The Bertz CT molecular complexity index is 993. The molecule has 1 fully saturated rings. The third kappa shape index (κ3) is 4.92. The van der Waals surface area contributed by atoms with Gasteiger partial charge in [0.1, 0.15) is 0 Å². The summed E-state index contributed by atoms with van der Waals surface area (Å²) >= 11 is 0. The molecule has 1 aliphatic heterocycles. The molecule has 1 aromatic heterocycles. The summed E-state index contributed by atoms with van der Waals surface area (Å²) in [5.41, 5.74) is 2.71. The number of amides is 2. The summed E-state index contributed by atoms with van der Waals surface area (Å²) in [6, 6.07) is 17.2. The van der Waals surface area contributed by atoms with Crippen LogP contribution < -0.4 is 5.32 Å². The van der Waals surface area contributed by atoms with Crippen molar-refractivity contribution < 1.29 is 14.1 Å². The number of aromatic nitrogens is 2. The standard InChI is InChI=1S/C23H24N4O3/c28-20(15-17-7-3-1-4-8-17)24-16-18-9-11-19(12-10-18)21-25-22(30-26-21)23(29)27-13-5-2-6-14-27/h1,3-4,7-12H,2,5-6,13-16H2,(H,24,28). The quantitative estimate of drug-likeness (QED) is 0.681. The lowest BCUT2D eigenvalue weighted by atomic mass is 10.1. The molecule has 0 saturated carbocycles. The highest BCUT2D eigenvalue weighted by atomic mass is 16.5. The molecule has 30 heavy (non-hydrogen) atoms. The fourth-order valence-corrected chi connectivity index (χ4v) is 3.48. The van der Waals surface area contributed by atoms with E-state index >= 15 is 0 Å². The van der Waals surface area contributed by atoms with Crippen molar-refractivity contribution in [1.82, 2.24) is 20.4 Å². The van der Waals surface area contributed by atoms with Crippen LogP contribution in [0.5, 0.6) is 0 Å². The molecule has 0 unspecified atom stereocenters. The lowest BCUT2D eigenvalue weighted by molar-refractivity contribution is -0.120. The number of likely N-dealkylation sites (tertiary alicyclic amines) is 1. The van der Waals surface area contributed by atoms with Crippen LogP contribution in [0.1, 0.15) is 41.1 Å². The summed E-state index contributed by atoms with van der Waals surface area (Å²) in [6.45, 7) is 1.92. The van der Waals surface area contributed by atoms with Gasteiger partial charge < -0.3 is 14.7 Å². The smallest absolute Gasteiger partial charge is 0.316 e. The minimum Gasteiger partial charge on any atom is -0.352 e. The summed E-state index contributed by atoms with van der Waals surface area (Å²) < 4.78 is 5.19. The van der Waals surface area contributed by atoms with Crippen molar-refractivity contribution in [3.8, 4) is 11.4 Å². The molecule has 0 spiro atoms. The Labute approximate surface area is 175 Å². The summed E-state index contributed by atoms with van der Waals surface area (Å²) in [6.07, 6.45) is 3.53. The summed E-state index contributed by atoms with van der Waals surface area (Å²) in [4.78, 5) is 30.6. The average molecular weight is 404 g/mol. The number of benzene rings is 2. The van der Waals surface area contributed by atoms with E-state index in [1.54, 1.807) is 4.90 Å². The predicted octanol–water partition coefficient (Wildman–Crippen LogP) is 3.22. The third-order valence-corrected chi connectivity index (χ3v) is 5.16. The van der Waals surface area contributed by atoms with Gasteiger partial charge in [-0.25, -0.2) is 0 Å². The van der Waals surface area contributed by atoms with Gasteiger partial charge in [-0.2, -0.15) is 4.98 Å². The van der Waals surface area contributed by atoms with Crippen LogP contribution in [0.2, 0.25) is 0 Å². The van der Waals surface area contributed by atoms with Crippen LogP contribution in [-0.2, 0) is 17.8 Å². The van der Waals surface area contributed by atoms with E-state index in [1.807, 2.05) is 54.6 Å². The van der Waals surface area contributed by atoms with Gasteiger partial charge in [0.15, 0.2) is 0 Å². The van der Waals surface area contributed by atoms with Gasteiger partial charge in [0.2, 0.25) is 11.7 Å². The Morgan fingerprint density at radius 3 is 2.40 bits per heavy atom. The highest BCUT2D eigenvalue weighted by molar-refractivity contribution is 5.90. The molecule has 2 amide bonds. The molecule has 2 aromatic carbocycles. The van der Waals surface area contributed by atoms with Crippen LogP contribution in [0.4, 0.5) is 0 Å². The maximum absolute atomic E-state index is 12.5. The zero-order valence-corrected chi connectivity index (χ0v) is 16.7. The normalized spacial score (nSPS) is 13.8. The molecular weight excluding hydrogens is 380 g/mol. The second-order valence-corrected chi connectivity index (χ2v) is 7.41. The molecule has 0 atom stereocenters. The van der Waals surface area contributed by atoms with Crippen molar-refractivity contribution in [2.75, 3.05) is 13.1 Å². The number of nitrogens with one attached hydrogen (secondary N) is 1. The molecule has 7 heteroatoms. The van der Waals surface area contributed by atoms with E-state index in [0.29, 0.717) is 18.8 Å². The Morgan fingerprint density at radius 2 is 1.67 bits per heavy atom. The highest BCUT2D eigenvalue weighted by Gasteiger charge is 2.24. The van der Waals surface area contributed by atoms with Crippen LogP contribution in [0, 0.1) is 0 Å². The van der Waals surface area contributed by atoms with Crippen molar-refractivity contribution in [1.29, 1.82) is 0 Å². The first-order chi connectivity index (χ1) is 14.7. The molecule has 1 aliphatic rings. The molecular formula is C23H24N4O3. The molecule has 2 heterocycles. The molecule has 4 rings (SSSR count). The van der Waals surface area contributed by atoms with E-state index in [1.165, 1.54) is 0 Å². The van der Waals surface area contributed by atoms with Gasteiger partial charge in [-0.15, -0.1) is 0 Å². The minimum atomic E-state index is -0.203. The van der Waals surface area contributed by atoms with E-state index < -0.39 is 0 Å². The zero-order chi connectivity index (χ0) is 20.8. The predicted molar refractivity (Wildman–Crippen MR) is 111 cm³/mol. The van der Waals surface area contributed by atoms with Crippen LogP contribution in [0.25, 0.3) is 11.4 Å². The van der Waals surface area contributed by atoms with E-state index in [-0.39, 0.29) is 17.7 Å². The van der Waals surface area contributed by atoms with Crippen LogP contribution in [-0.4, -0.2) is 39.9 Å². The van der Waals surface area contributed by atoms with Crippen LogP contribution in [0.3, 0.4) is 0 Å². The minimum absolute atomic E-state index is 0.0238. The Kier molecular flexibility index (Phi) is 6.17. The third-order valence-electron chi connectivity index (χ3n) is 5.16. The van der Waals surface area contributed by atoms with Gasteiger partial charge in [0.05, 0.1) is 6.42 Å². The van der Waals surface area contributed by atoms with E-state index in [4.69, 9.17) is 4.52 Å². The number of rotatable bonds is 6. The molecule has 1 N–H and O–H groups in total. The van der Waals surface area contributed by atoms with Gasteiger partial charge in [-0.05, 0) is 30.4 Å². The van der Waals surface area contributed by atoms with Crippen molar-refractivity contribution >= 4 is 11.8 Å². The Morgan fingerprint density at radius 1 is 0.933 bits per heavy atom. The van der Waals surface area contributed by atoms with Gasteiger partial charge in [0, 0.05) is 25.2 Å². The van der Waals surface area contributed by atoms with Gasteiger partial charge in [-0.1, -0.05) is 59.8 Å². The molecule has 7 nitrogen and oxygen atoms in total. The maximum Gasteiger partial charge on any atom is 0.316 e. The van der Waals surface area contributed by atoms with E-state index in [9.17, 15) is 9.59 Å². The SMILES string of the molecule is O=C(Cc1ccccc1)NCc1ccc(-c2noc(C(=O)N3CCCCC3)n2)cc1. The fraction of sp³-hybridized carbons (Fsp3) is 0.304. The first-order valence-corrected chi connectivity index (χ1v) is 10.2. The summed E-state index contributed by atoms with van der Waals surface area (Å²) in [7, 11) is 0. The second-order valence-electron chi connectivity index (χ2n) is 7.41. The van der Waals surface area contributed by atoms with E-state index in [2.05, 4.69) is 15.5 Å². The number of hydrogen-bond acceptors (Lipinski definition) is 5. The Hall–Kier alpha value is -3.48. The second kappa shape index (κ2) is 9.35. The number of nitrogens with zero attached hydrogens (tertiary/aromatic N) is 3. The van der Waals surface area contributed by atoms with Gasteiger partial charge in [-0.3, -0.25) is 9.59 Å². The number of carbonyl (C=O) groups excluding carboxylic acids is 2. The van der Waals surface area contributed by atoms with Crippen molar-refractivity contribution in [3.05, 3.63) is 71.6 Å². The van der Waals surface area contributed by atoms with E-state index in [0.717, 1.165) is 49.0 Å². The molecule has 0 aliphatic carbocycles. The maximum atomic E-state index is 12.5. The highest BCUT2D eigenvalue weighted by Crippen LogP contribution is 2.18. The molecule has 0 bridgehead atoms. The van der Waals surface area contributed by atoms with Crippen molar-refractivity contribution in [2.45, 2.75) is 32.2 Å². The lowest BCUT2D eigenvalue weighted by Crippen LogP contribution is -2.35. The average Bonchev–Trinajstić information content (AvgIpc) is 3.29. The largest absolute Gasteiger partial charge is 0.352 e. The molecule has 0 radical (unpaired) electrons. The summed E-state index contributed by atoms with van der Waals surface area (Å²) in [5.74, 6) is 0.190. The monoisotopic (exact) mass is 404 g/mol. The van der Waals surface area contributed by atoms with Crippen LogP contribution in [0.15, 0.2) is 59.1 Å². The molecule has 3 aromatic rings. The number of piperidine rings is 1. The van der Waals surface area contributed by atoms with Crippen molar-refractivity contribution in [3.63, 3.8) is 0 Å². The van der Waals surface area contributed by atoms with Gasteiger partial charge in [0.25, 0.3) is 0 Å². The molecule has 154 valence electrons. The lowest BCUT2D eigenvalue weighted by Gasteiger charge is -2.24. The fourth-order valence-electron chi connectivity index (χ4n) is 3.48. The molecule has 1 saturated heterocycles. The zero-order valence-electron chi connectivity index (χ0n) is 16.7. The number of hydrogen-bond donors (Lipinski definition) is 1. The Balaban J connectivity index is 1.33. The number of carbonyl (C=O) groups is 2. The van der Waals surface area contributed by atoms with Crippen molar-refractivity contribution in [2.24, 2.45) is 0 Å². The summed E-state index contributed by atoms with van der Waals surface area (Å²) in [5, 5.41) is 6.87. The first kappa shape index (κ1) is 19.8. The van der Waals surface area contributed by atoms with Gasteiger partial charge >= 0.3 is 11.8 Å². The topological polar surface area (TPSA) is 88.3 Å². The van der Waals surface area contributed by atoms with Crippen LogP contribution >= 0.6 is 0 Å².